The van der Waals surface area contributed by atoms with Gasteiger partial charge in [-0.05, 0) is 70.9 Å². The zero-order valence-electron chi connectivity index (χ0n) is 16.7. The van der Waals surface area contributed by atoms with Gasteiger partial charge in [-0.3, -0.25) is 4.79 Å². The predicted molar refractivity (Wildman–Crippen MR) is 109 cm³/mol. The van der Waals surface area contributed by atoms with Gasteiger partial charge in [0.05, 0.1) is 5.75 Å². The maximum absolute atomic E-state index is 12.7. The molecule has 6 heteroatoms. The molecule has 27 heavy (non-hydrogen) atoms. The van der Waals surface area contributed by atoms with Crippen molar-refractivity contribution in [1.82, 2.24) is 14.8 Å². The van der Waals surface area contributed by atoms with Crippen LogP contribution in [0.15, 0.2) is 33.9 Å². The van der Waals surface area contributed by atoms with Gasteiger partial charge in [-0.25, -0.2) is 0 Å². The number of aryl methyl sites for hydroxylation is 3. The third-order valence-corrected chi connectivity index (χ3v) is 5.61. The molecule has 0 N–H and O–H groups in total. The predicted octanol–water partition coefficient (Wildman–Crippen LogP) is 5.33. The highest BCUT2D eigenvalue weighted by Gasteiger charge is 2.18. The molecule has 0 fully saturated rings. The van der Waals surface area contributed by atoms with Crippen LogP contribution in [-0.4, -0.2) is 26.3 Å². The van der Waals surface area contributed by atoms with Gasteiger partial charge in [0.25, 0.3) is 5.22 Å². The van der Waals surface area contributed by atoms with Crippen LogP contribution in [0.1, 0.15) is 52.8 Å². The summed E-state index contributed by atoms with van der Waals surface area (Å²) in [6.07, 6.45) is 0. The maximum atomic E-state index is 12.7. The molecule has 0 amide bonds. The Balaban J connectivity index is 1.71. The number of Topliss-reactive ketones (excluding diaryl/α,β-unsaturated/α-hetero) is 1. The number of aromatic nitrogens is 3. The van der Waals surface area contributed by atoms with Gasteiger partial charge in [0.15, 0.2) is 5.78 Å². The quantitative estimate of drug-likeness (QED) is 0.425. The number of thioether (sulfide) groups is 1. The van der Waals surface area contributed by atoms with Crippen LogP contribution in [0.5, 0.6) is 0 Å². The maximum Gasteiger partial charge on any atom is 0.277 e. The molecule has 0 unspecified atom stereocenters. The van der Waals surface area contributed by atoms with Crippen molar-refractivity contribution >= 4 is 17.5 Å². The summed E-state index contributed by atoms with van der Waals surface area (Å²) in [7, 11) is 0. The second-order valence-corrected chi connectivity index (χ2v) is 8.06. The smallest absolute Gasteiger partial charge is 0.277 e. The average molecular weight is 384 g/mol. The van der Waals surface area contributed by atoms with Gasteiger partial charge in [-0.1, -0.05) is 17.8 Å². The van der Waals surface area contributed by atoms with Gasteiger partial charge in [0.1, 0.15) is 0 Å². The third-order valence-electron chi connectivity index (χ3n) is 4.79. The van der Waals surface area contributed by atoms with E-state index in [2.05, 4.69) is 42.5 Å². The molecular weight excluding hydrogens is 358 g/mol. The standard InChI is InChI=1S/C21H25N3O2S/c1-12(2)24-15(5)10-18(16(24)6)19(25)11-27-21-23-22-20(26-21)17-8-7-13(3)14(4)9-17/h7-10,12H,11H2,1-6H3. The molecule has 3 rings (SSSR count). The highest BCUT2D eigenvalue weighted by molar-refractivity contribution is 7.99. The van der Waals surface area contributed by atoms with E-state index in [0.29, 0.717) is 17.2 Å². The highest BCUT2D eigenvalue weighted by atomic mass is 32.2. The van der Waals surface area contributed by atoms with Gasteiger partial charge >= 0.3 is 0 Å². The monoisotopic (exact) mass is 383 g/mol. The SMILES string of the molecule is Cc1ccc(-c2nnc(SCC(=O)c3cc(C)n(C(C)C)c3C)o2)cc1C. The molecule has 0 bridgehead atoms. The number of carbonyl (C=O) groups is 1. The molecule has 142 valence electrons. The summed E-state index contributed by atoms with van der Waals surface area (Å²) in [5.74, 6) is 0.827. The minimum atomic E-state index is 0.0749. The largest absolute Gasteiger partial charge is 0.411 e. The molecule has 5 nitrogen and oxygen atoms in total. The van der Waals surface area contributed by atoms with Crippen LogP contribution < -0.4 is 0 Å². The molecule has 0 aliphatic rings. The molecular formula is C21H25N3O2S. The van der Waals surface area contributed by atoms with Gasteiger partial charge in [0, 0.05) is 28.6 Å². The lowest BCUT2D eigenvalue weighted by atomic mass is 10.1. The fraction of sp³-hybridized carbons (Fsp3) is 0.381. The number of ketones is 1. The summed E-state index contributed by atoms with van der Waals surface area (Å²) in [5.41, 5.74) is 6.17. The first-order valence-corrected chi connectivity index (χ1v) is 10.0. The summed E-state index contributed by atoms with van der Waals surface area (Å²) in [6.45, 7) is 12.4. The van der Waals surface area contributed by atoms with E-state index in [9.17, 15) is 4.79 Å². The molecule has 0 saturated heterocycles. The van der Waals surface area contributed by atoms with Crippen molar-refractivity contribution in [2.45, 2.75) is 52.8 Å². The molecule has 0 atom stereocenters. The van der Waals surface area contributed by atoms with E-state index in [0.717, 1.165) is 22.5 Å². The van der Waals surface area contributed by atoms with E-state index in [1.165, 1.54) is 22.9 Å². The van der Waals surface area contributed by atoms with Gasteiger partial charge < -0.3 is 8.98 Å². The lowest BCUT2D eigenvalue weighted by Gasteiger charge is -2.13. The Morgan fingerprint density at radius 1 is 1.11 bits per heavy atom. The zero-order valence-corrected chi connectivity index (χ0v) is 17.5. The number of hydrogen-bond acceptors (Lipinski definition) is 5. The Morgan fingerprint density at radius 3 is 2.48 bits per heavy atom. The van der Waals surface area contributed by atoms with Crippen molar-refractivity contribution in [2.75, 3.05) is 5.75 Å². The number of rotatable bonds is 6. The van der Waals surface area contributed by atoms with E-state index >= 15 is 0 Å². The number of hydrogen-bond donors (Lipinski definition) is 0. The van der Waals surface area contributed by atoms with Crippen molar-refractivity contribution in [3.8, 4) is 11.5 Å². The molecule has 2 aromatic heterocycles. The minimum Gasteiger partial charge on any atom is -0.411 e. The lowest BCUT2D eigenvalue weighted by Crippen LogP contribution is -2.08. The molecule has 0 spiro atoms. The van der Waals surface area contributed by atoms with Crippen LogP contribution in [0.4, 0.5) is 0 Å². The van der Waals surface area contributed by atoms with Crippen LogP contribution in [0.3, 0.4) is 0 Å². The van der Waals surface area contributed by atoms with Gasteiger partial charge in [0.2, 0.25) is 5.89 Å². The normalized spacial score (nSPS) is 11.4. The van der Waals surface area contributed by atoms with Crippen molar-refractivity contribution < 1.29 is 9.21 Å². The Morgan fingerprint density at radius 2 is 1.85 bits per heavy atom. The number of nitrogens with zero attached hydrogens (tertiary/aromatic N) is 3. The third kappa shape index (κ3) is 4.00. The molecule has 0 saturated carbocycles. The molecule has 0 aliphatic heterocycles. The molecule has 0 radical (unpaired) electrons. The van der Waals surface area contributed by atoms with Crippen molar-refractivity contribution in [3.05, 3.63) is 52.3 Å². The first-order valence-electron chi connectivity index (χ1n) is 9.03. The van der Waals surface area contributed by atoms with Crippen molar-refractivity contribution in [2.24, 2.45) is 0 Å². The number of carbonyl (C=O) groups excluding carboxylic acids is 1. The van der Waals surface area contributed by atoms with E-state index in [-0.39, 0.29) is 11.5 Å². The fourth-order valence-corrected chi connectivity index (χ4v) is 3.96. The summed E-state index contributed by atoms with van der Waals surface area (Å²) >= 11 is 1.28. The zero-order chi connectivity index (χ0) is 19.7. The molecule has 2 heterocycles. The second kappa shape index (κ2) is 7.72. The van der Waals surface area contributed by atoms with E-state index < -0.39 is 0 Å². The first-order chi connectivity index (χ1) is 12.8. The summed E-state index contributed by atoms with van der Waals surface area (Å²) in [6, 6.07) is 8.33. The summed E-state index contributed by atoms with van der Waals surface area (Å²) in [5, 5.41) is 8.60. The van der Waals surface area contributed by atoms with Crippen LogP contribution >= 0.6 is 11.8 Å². The lowest BCUT2D eigenvalue weighted by molar-refractivity contribution is 0.102. The minimum absolute atomic E-state index is 0.0749. The molecule has 3 aromatic rings. The summed E-state index contributed by atoms with van der Waals surface area (Å²) < 4.78 is 7.91. The molecule has 0 aliphatic carbocycles. The molecule has 1 aromatic carbocycles. The average Bonchev–Trinajstić information content (AvgIpc) is 3.19. The van der Waals surface area contributed by atoms with Gasteiger partial charge in [-0.15, -0.1) is 10.2 Å². The Kier molecular flexibility index (Phi) is 5.56. The topological polar surface area (TPSA) is 60.9 Å². The Bertz CT molecular complexity index is 985. The van der Waals surface area contributed by atoms with Crippen LogP contribution in [0.25, 0.3) is 11.5 Å². The Labute approximate surface area is 164 Å². The van der Waals surface area contributed by atoms with E-state index in [1.54, 1.807) is 0 Å². The van der Waals surface area contributed by atoms with Gasteiger partial charge in [-0.2, -0.15) is 0 Å². The second-order valence-electron chi connectivity index (χ2n) is 7.13. The Hall–Kier alpha value is -2.34. The van der Waals surface area contributed by atoms with Crippen LogP contribution in [0, 0.1) is 27.7 Å². The van der Waals surface area contributed by atoms with Crippen LogP contribution in [-0.2, 0) is 0 Å². The van der Waals surface area contributed by atoms with E-state index in [1.807, 2.05) is 38.1 Å². The first kappa shape index (κ1) is 19.4. The fourth-order valence-electron chi connectivity index (χ4n) is 3.32. The highest BCUT2D eigenvalue weighted by Crippen LogP contribution is 2.26. The van der Waals surface area contributed by atoms with Crippen molar-refractivity contribution in [3.63, 3.8) is 0 Å². The van der Waals surface area contributed by atoms with Crippen molar-refractivity contribution in [1.29, 1.82) is 0 Å². The summed E-state index contributed by atoms with van der Waals surface area (Å²) in [4.78, 5) is 12.7. The number of benzene rings is 1. The van der Waals surface area contributed by atoms with Crippen LogP contribution in [0.2, 0.25) is 0 Å². The van der Waals surface area contributed by atoms with E-state index in [4.69, 9.17) is 4.42 Å².